The molecule has 61 heavy (non-hydrogen) atoms. The predicted octanol–water partition coefficient (Wildman–Crippen LogP) is 12.5. The molecule has 2 aliphatic rings. The Hall–Kier alpha value is -5.07. The smallest absolute Gasteiger partial charge is 0.395 e. The monoisotopic (exact) mass is 982 g/mol. The fraction of sp³-hybridized carbons (Fsp3) is 0.105. The number of amides is 1. The third-order valence-electron chi connectivity index (χ3n) is 7.30. The summed E-state index contributed by atoms with van der Waals surface area (Å²) in [4.78, 5) is 38.9. The minimum Gasteiger partial charge on any atom is -0.395 e. The first-order valence-corrected chi connectivity index (χ1v) is 19.1. The maximum atomic E-state index is 13.2. The van der Waals surface area contributed by atoms with Crippen LogP contribution in [0.25, 0.3) is 22.5 Å². The van der Waals surface area contributed by atoms with Crippen molar-refractivity contribution in [3.63, 3.8) is 0 Å². The van der Waals surface area contributed by atoms with Gasteiger partial charge in [0.05, 0.1) is 72.7 Å². The molecule has 2 aliphatic heterocycles. The number of carbonyl (C=O) groups is 2. The number of halogens is 11. The van der Waals surface area contributed by atoms with Crippen molar-refractivity contribution >= 4 is 104 Å². The van der Waals surface area contributed by atoms with E-state index >= 15 is 0 Å². The van der Waals surface area contributed by atoms with E-state index in [9.17, 15) is 27.2 Å². The Kier molecular flexibility index (Phi) is 16.8. The molecule has 3 N–H and O–H groups in total. The highest BCUT2D eigenvalue weighted by atomic mass is 35.5. The van der Waals surface area contributed by atoms with Crippen LogP contribution in [0, 0.1) is 0 Å². The van der Waals surface area contributed by atoms with E-state index in [1.165, 1.54) is 49.1 Å². The van der Waals surface area contributed by atoms with E-state index in [1.807, 2.05) is 0 Å². The molecule has 1 amide bonds. The Morgan fingerprint density at radius 2 is 1.02 bits per heavy atom. The van der Waals surface area contributed by atoms with Crippen molar-refractivity contribution in [1.82, 2.24) is 19.9 Å². The van der Waals surface area contributed by atoms with E-state index < -0.39 is 23.7 Å². The van der Waals surface area contributed by atoms with Crippen molar-refractivity contribution in [3.8, 4) is 45.5 Å². The molecule has 4 aromatic carbocycles. The van der Waals surface area contributed by atoms with Gasteiger partial charge in [0.2, 0.25) is 0 Å². The number of aromatic nitrogens is 4. The number of ether oxygens (including phenoxy) is 4. The van der Waals surface area contributed by atoms with Crippen LogP contribution in [0.2, 0.25) is 20.1 Å². The Bertz CT molecular complexity index is 2510. The number of nitrogens with zero attached hydrogens (tertiary/aromatic N) is 4. The van der Waals surface area contributed by atoms with Gasteiger partial charge in [-0.05, 0) is 48.0 Å². The summed E-state index contributed by atoms with van der Waals surface area (Å²) in [6, 6.07) is 18.3. The van der Waals surface area contributed by atoms with Crippen LogP contribution in [0.4, 0.5) is 29.2 Å². The summed E-state index contributed by atoms with van der Waals surface area (Å²) in [5.74, 6) is -0.594. The maximum absolute atomic E-state index is 13.2. The topological polar surface area (TPSA) is 161 Å². The average Bonchev–Trinajstić information content (AvgIpc) is 3.67. The van der Waals surface area contributed by atoms with Crippen molar-refractivity contribution in [3.05, 3.63) is 129 Å². The average molecular weight is 986 g/mol. The Morgan fingerprint density at radius 1 is 0.607 bits per heavy atom. The zero-order valence-electron chi connectivity index (χ0n) is 29.4. The third-order valence-corrected chi connectivity index (χ3v) is 8.79. The van der Waals surface area contributed by atoms with E-state index in [-0.39, 0.29) is 63.0 Å². The molecule has 0 spiro atoms. The molecule has 0 atom stereocenters. The van der Waals surface area contributed by atoms with E-state index in [0.717, 1.165) is 0 Å². The number of anilines is 2. The van der Waals surface area contributed by atoms with Crippen molar-refractivity contribution in [1.29, 1.82) is 0 Å². The normalized spacial score (nSPS) is 13.1. The number of benzene rings is 4. The SMILES string of the molecule is C.ClCCl.Nc1cnc(-c2cc3c(cc2Cl)OC(F)(F)O3)cn1.O=C(Cl)c1ccccc1Cl.O=C(Nc1cnc(-c2cc3c(cc2Cl)OC(F)(F)O3)cn1)c1ccccc1Cl. The number of rotatable bonds is 5. The zero-order chi connectivity index (χ0) is 43.8. The van der Waals surface area contributed by atoms with Gasteiger partial charge >= 0.3 is 12.6 Å². The number of nitrogens with two attached hydrogens (primary N) is 1. The highest BCUT2D eigenvalue weighted by Gasteiger charge is 2.45. The maximum Gasteiger partial charge on any atom is 0.586 e. The standard InChI is InChI=1S/C18H9Cl2F2N3O3.C11H6ClF2N3O2.C7H4Cl2O.CH2Cl2.CH4/c19-11-4-2-1-3-9(11)17(26)25-16-8-23-13(7-24-16)10-5-14-15(6-12(10)20)28-18(21,22)27-14;12-6-2-9-8(18-11(13,14)19-9)1-5(6)7-3-17-10(15)4-16-7;8-6-4-2-1-3-5(6)7(9)10;2-1-3;/h1-8H,(H,24,25,26);1-4H,(H2,15,17);1-4H;1H2;1H4. The van der Waals surface area contributed by atoms with Gasteiger partial charge in [0, 0.05) is 23.3 Å². The summed E-state index contributed by atoms with van der Waals surface area (Å²) in [5, 5.41) is 3.25. The van der Waals surface area contributed by atoms with Gasteiger partial charge in [0.25, 0.3) is 11.1 Å². The van der Waals surface area contributed by atoms with E-state index in [0.29, 0.717) is 38.1 Å². The van der Waals surface area contributed by atoms with Gasteiger partial charge in [-0.1, -0.05) is 78.1 Å². The minimum absolute atomic E-state index is 0. The molecule has 0 radical (unpaired) electrons. The van der Waals surface area contributed by atoms with Crippen LogP contribution in [0.5, 0.6) is 23.0 Å². The Balaban J connectivity index is 0.000000214. The van der Waals surface area contributed by atoms with Crippen LogP contribution >= 0.6 is 81.2 Å². The van der Waals surface area contributed by atoms with Gasteiger partial charge < -0.3 is 30.0 Å². The van der Waals surface area contributed by atoms with Gasteiger partial charge in [-0.15, -0.1) is 40.8 Å². The van der Waals surface area contributed by atoms with Crippen LogP contribution < -0.4 is 30.0 Å². The van der Waals surface area contributed by atoms with Crippen LogP contribution in [0.1, 0.15) is 28.1 Å². The van der Waals surface area contributed by atoms with Gasteiger partial charge in [0.15, 0.2) is 28.8 Å². The van der Waals surface area contributed by atoms with Crippen molar-refractivity contribution < 1.29 is 46.1 Å². The fourth-order valence-corrected chi connectivity index (χ4v) is 5.95. The first-order valence-electron chi connectivity index (χ1n) is 16.1. The van der Waals surface area contributed by atoms with Crippen molar-refractivity contribution in [2.24, 2.45) is 0 Å². The largest absolute Gasteiger partial charge is 0.586 e. The van der Waals surface area contributed by atoms with Gasteiger partial charge in [-0.3, -0.25) is 19.6 Å². The van der Waals surface area contributed by atoms with Crippen molar-refractivity contribution in [2.45, 2.75) is 20.0 Å². The Labute approximate surface area is 378 Å². The molecule has 12 nitrogen and oxygen atoms in total. The Morgan fingerprint density at radius 3 is 1.39 bits per heavy atom. The van der Waals surface area contributed by atoms with E-state index in [4.69, 9.17) is 86.9 Å². The molecule has 6 aromatic rings. The summed E-state index contributed by atoms with van der Waals surface area (Å²) in [7, 11) is 0. The first kappa shape index (κ1) is 48.6. The summed E-state index contributed by atoms with van der Waals surface area (Å²) >= 11 is 38.4. The lowest BCUT2D eigenvalue weighted by atomic mass is 10.1. The van der Waals surface area contributed by atoms with E-state index in [1.54, 1.807) is 48.5 Å². The predicted molar refractivity (Wildman–Crippen MR) is 226 cm³/mol. The summed E-state index contributed by atoms with van der Waals surface area (Å²) in [6.07, 6.45) is -2.06. The second kappa shape index (κ2) is 21.1. The number of hydrogen-bond donors (Lipinski definition) is 2. The van der Waals surface area contributed by atoms with E-state index in [2.05, 4.69) is 44.2 Å². The number of fused-ring (bicyclic) bond motifs is 2. The number of nitrogen functional groups attached to an aromatic ring is 1. The number of nitrogens with one attached hydrogen (secondary N) is 1. The number of hydrogen-bond acceptors (Lipinski definition) is 11. The van der Waals surface area contributed by atoms with Crippen LogP contribution in [-0.2, 0) is 0 Å². The first-order chi connectivity index (χ1) is 28.4. The molecule has 4 heterocycles. The zero-order valence-corrected chi connectivity index (χ0v) is 34.7. The number of alkyl halides is 6. The van der Waals surface area contributed by atoms with Crippen LogP contribution in [0.3, 0.4) is 0 Å². The summed E-state index contributed by atoms with van der Waals surface area (Å²) in [6.45, 7) is 0. The van der Waals surface area contributed by atoms with Gasteiger partial charge in [0.1, 0.15) is 5.82 Å². The molecule has 0 fully saturated rings. The van der Waals surface area contributed by atoms with Crippen LogP contribution in [0.15, 0.2) is 97.6 Å². The molecule has 0 bridgehead atoms. The van der Waals surface area contributed by atoms with Gasteiger partial charge in [-0.2, -0.15) is 0 Å². The van der Waals surface area contributed by atoms with Gasteiger partial charge in [-0.25, -0.2) is 9.97 Å². The summed E-state index contributed by atoms with van der Waals surface area (Å²) in [5.41, 5.74) is 7.46. The molecule has 23 heteroatoms. The molecule has 0 unspecified atom stereocenters. The molecule has 0 saturated heterocycles. The quantitative estimate of drug-likeness (QED) is 0.0961. The molecule has 0 saturated carbocycles. The molecule has 8 rings (SSSR count). The highest BCUT2D eigenvalue weighted by molar-refractivity contribution is 6.68. The lowest BCUT2D eigenvalue weighted by molar-refractivity contribution is -0.287. The highest BCUT2D eigenvalue weighted by Crippen LogP contribution is 2.47. The molecule has 0 aliphatic carbocycles. The lowest BCUT2D eigenvalue weighted by Gasteiger charge is -2.08. The molecule has 2 aromatic heterocycles. The lowest BCUT2D eigenvalue weighted by Crippen LogP contribution is -2.25. The third kappa shape index (κ3) is 13.0. The van der Waals surface area contributed by atoms with Crippen LogP contribution in [-0.4, -0.2) is 49.0 Å². The molecular weight excluding hydrogens is 961 g/mol. The number of carbonyl (C=O) groups excluding carboxylic acids is 2. The molecule has 320 valence electrons. The van der Waals surface area contributed by atoms with Crippen molar-refractivity contribution in [2.75, 3.05) is 16.4 Å². The second-order valence-corrected chi connectivity index (χ2v) is 14.1. The fourth-order valence-electron chi connectivity index (χ4n) is 4.79. The molecular formula is C38H25Cl7F4N6O6. The minimum atomic E-state index is -3.75. The second-order valence-electron chi connectivity index (χ2n) is 11.3. The summed E-state index contributed by atoms with van der Waals surface area (Å²) < 4.78 is 69.6.